The summed E-state index contributed by atoms with van der Waals surface area (Å²) in [4.78, 5) is 12.7. The number of rotatable bonds is 5. The first kappa shape index (κ1) is 18.3. The van der Waals surface area contributed by atoms with Crippen LogP contribution in [0.2, 0.25) is 0 Å². The van der Waals surface area contributed by atoms with Crippen LogP contribution in [0.3, 0.4) is 0 Å². The lowest BCUT2D eigenvalue weighted by molar-refractivity contribution is 0.0918. The van der Waals surface area contributed by atoms with Gasteiger partial charge in [-0.1, -0.05) is 18.2 Å². The summed E-state index contributed by atoms with van der Waals surface area (Å²) in [6, 6.07) is 9.78. The molecule has 3 heterocycles. The molecule has 12 heteroatoms. The van der Waals surface area contributed by atoms with E-state index in [4.69, 9.17) is 0 Å². The van der Waals surface area contributed by atoms with E-state index in [1.807, 2.05) is 0 Å². The SMILES string of the molecule is O=C(NC1CCN(S(=O)(=O)c2ccccc2)CC1)c1cc(-n2cnnn2)n[nH]1. The number of nitrogens with zero attached hydrogens (tertiary/aromatic N) is 6. The summed E-state index contributed by atoms with van der Waals surface area (Å²) >= 11 is 0. The molecule has 1 aliphatic heterocycles. The molecule has 1 amide bonds. The van der Waals surface area contributed by atoms with Crippen LogP contribution in [0.5, 0.6) is 0 Å². The average molecular weight is 402 g/mol. The normalized spacial score (nSPS) is 16.1. The van der Waals surface area contributed by atoms with Gasteiger partial charge in [-0.2, -0.15) is 14.1 Å². The topological polar surface area (TPSA) is 139 Å². The van der Waals surface area contributed by atoms with Crippen molar-refractivity contribution in [3.05, 3.63) is 48.4 Å². The Morgan fingerprint density at radius 2 is 1.93 bits per heavy atom. The lowest BCUT2D eigenvalue weighted by Crippen LogP contribution is -2.46. The second-order valence-electron chi connectivity index (χ2n) is 6.36. The second-order valence-corrected chi connectivity index (χ2v) is 8.30. The fourth-order valence-electron chi connectivity index (χ4n) is 3.06. The Kier molecular flexibility index (Phi) is 4.88. The lowest BCUT2D eigenvalue weighted by Gasteiger charge is -2.31. The molecule has 0 aliphatic carbocycles. The van der Waals surface area contributed by atoms with Crippen LogP contribution in [0.25, 0.3) is 5.82 Å². The maximum Gasteiger partial charge on any atom is 0.269 e. The van der Waals surface area contributed by atoms with Crippen LogP contribution in [-0.4, -0.2) is 68.2 Å². The number of carbonyl (C=O) groups excluding carboxylic acids is 1. The van der Waals surface area contributed by atoms with Crippen LogP contribution in [-0.2, 0) is 10.0 Å². The number of sulfonamides is 1. The maximum absolute atomic E-state index is 12.7. The largest absolute Gasteiger partial charge is 0.348 e. The average Bonchev–Trinajstić information content (AvgIpc) is 3.41. The second kappa shape index (κ2) is 7.48. The predicted octanol–water partition coefficient (Wildman–Crippen LogP) is -0.0315. The molecule has 28 heavy (non-hydrogen) atoms. The quantitative estimate of drug-likeness (QED) is 0.611. The van der Waals surface area contributed by atoms with Crippen molar-refractivity contribution in [1.82, 2.24) is 40.0 Å². The number of hydrogen-bond acceptors (Lipinski definition) is 7. The Hall–Kier alpha value is -3.12. The van der Waals surface area contributed by atoms with Crippen molar-refractivity contribution < 1.29 is 13.2 Å². The molecule has 1 aliphatic rings. The number of aromatic nitrogens is 6. The van der Waals surface area contributed by atoms with Crippen LogP contribution in [0, 0.1) is 0 Å². The van der Waals surface area contributed by atoms with Gasteiger partial charge in [0.1, 0.15) is 12.0 Å². The number of H-pyrrole nitrogens is 1. The summed E-state index contributed by atoms with van der Waals surface area (Å²) in [5.74, 6) is 0.0927. The summed E-state index contributed by atoms with van der Waals surface area (Å²) in [6.07, 6.45) is 2.44. The number of amides is 1. The van der Waals surface area contributed by atoms with Gasteiger partial charge in [0.2, 0.25) is 10.0 Å². The number of hydrogen-bond donors (Lipinski definition) is 2. The van der Waals surface area contributed by atoms with Gasteiger partial charge in [0.05, 0.1) is 4.90 Å². The van der Waals surface area contributed by atoms with E-state index < -0.39 is 10.0 Å². The van der Waals surface area contributed by atoms with Crippen molar-refractivity contribution in [3.8, 4) is 5.82 Å². The van der Waals surface area contributed by atoms with Crippen LogP contribution in [0.15, 0.2) is 47.6 Å². The van der Waals surface area contributed by atoms with E-state index in [-0.39, 0.29) is 22.5 Å². The van der Waals surface area contributed by atoms with Crippen LogP contribution in [0.1, 0.15) is 23.3 Å². The predicted molar refractivity (Wildman–Crippen MR) is 97.0 cm³/mol. The van der Waals surface area contributed by atoms with Gasteiger partial charge in [0.25, 0.3) is 5.91 Å². The third-order valence-corrected chi connectivity index (χ3v) is 6.48. The minimum Gasteiger partial charge on any atom is -0.348 e. The molecule has 0 unspecified atom stereocenters. The highest BCUT2D eigenvalue weighted by Crippen LogP contribution is 2.20. The monoisotopic (exact) mass is 402 g/mol. The number of tetrazole rings is 1. The number of piperidine rings is 1. The summed E-state index contributed by atoms with van der Waals surface area (Å²) in [7, 11) is -3.50. The van der Waals surface area contributed by atoms with Crippen molar-refractivity contribution >= 4 is 15.9 Å². The van der Waals surface area contributed by atoms with Gasteiger partial charge in [-0.15, -0.1) is 5.10 Å². The Balaban J connectivity index is 1.35. The van der Waals surface area contributed by atoms with Gasteiger partial charge in [0, 0.05) is 25.2 Å². The number of carbonyl (C=O) groups is 1. The van der Waals surface area contributed by atoms with Gasteiger partial charge in [-0.3, -0.25) is 9.89 Å². The van der Waals surface area contributed by atoms with Crippen LogP contribution >= 0.6 is 0 Å². The molecule has 1 saturated heterocycles. The van der Waals surface area contributed by atoms with Crippen LogP contribution in [0.4, 0.5) is 0 Å². The van der Waals surface area contributed by atoms with Gasteiger partial charge in [-0.05, 0) is 35.4 Å². The Bertz CT molecular complexity index is 1040. The Labute approximate surface area is 160 Å². The minimum absolute atomic E-state index is 0.116. The van der Waals surface area contributed by atoms with Crippen molar-refractivity contribution in [3.63, 3.8) is 0 Å². The van der Waals surface area contributed by atoms with E-state index in [0.717, 1.165) is 0 Å². The zero-order valence-electron chi connectivity index (χ0n) is 14.8. The summed E-state index contributed by atoms with van der Waals surface area (Å²) < 4.78 is 28.1. The van der Waals surface area contributed by atoms with Crippen molar-refractivity contribution in [2.75, 3.05) is 13.1 Å². The van der Waals surface area contributed by atoms with Gasteiger partial charge in [0.15, 0.2) is 5.82 Å². The summed E-state index contributed by atoms with van der Waals surface area (Å²) in [6.45, 7) is 0.696. The number of nitrogens with one attached hydrogen (secondary N) is 2. The van der Waals surface area contributed by atoms with Gasteiger partial charge >= 0.3 is 0 Å². The van der Waals surface area contributed by atoms with E-state index in [0.29, 0.717) is 31.7 Å². The molecule has 2 N–H and O–H groups in total. The summed E-state index contributed by atoms with van der Waals surface area (Å²) in [5.41, 5.74) is 0.282. The van der Waals surface area contributed by atoms with Gasteiger partial charge < -0.3 is 5.32 Å². The minimum atomic E-state index is -3.50. The van der Waals surface area contributed by atoms with Crippen molar-refractivity contribution in [2.45, 2.75) is 23.8 Å². The first-order valence-corrected chi connectivity index (χ1v) is 10.1. The molecule has 3 aromatic rings. The molecule has 0 spiro atoms. The molecule has 146 valence electrons. The van der Waals surface area contributed by atoms with E-state index >= 15 is 0 Å². The first-order chi connectivity index (χ1) is 13.5. The van der Waals surface area contributed by atoms with Crippen LogP contribution < -0.4 is 5.32 Å². The molecule has 0 bridgehead atoms. The summed E-state index contributed by atoms with van der Waals surface area (Å²) in [5, 5.41) is 20.3. The molecule has 0 atom stereocenters. The fourth-order valence-corrected chi connectivity index (χ4v) is 4.55. The molecule has 0 saturated carbocycles. The highest BCUT2D eigenvalue weighted by atomic mass is 32.2. The van der Waals surface area contributed by atoms with E-state index in [1.165, 1.54) is 15.3 Å². The standard InChI is InChI=1S/C16H18N8O3S/c25-16(14-10-15(20-19-14)24-11-17-21-22-24)18-12-6-8-23(9-7-12)28(26,27)13-4-2-1-3-5-13/h1-5,10-12H,6-9H2,(H,18,25)(H,19,20). The molecular weight excluding hydrogens is 384 g/mol. The zero-order valence-corrected chi connectivity index (χ0v) is 15.6. The number of benzene rings is 1. The first-order valence-electron chi connectivity index (χ1n) is 8.69. The van der Waals surface area contributed by atoms with E-state index in [2.05, 4.69) is 31.0 Å². The third kappa shape index (κ3) is 3.64. The molecule has 4 rings (SSSR count). The molecule has 1 fully saturated rings. The third-order valence-electron chi connectivity index (χ3n) is 4.56. The molecule has 2 aromatic heterocycles. The van der Waals surface area contributed by atoms with E-state index in [1.54, 1.807) is 36.4 Å². The molecule has 11 nitrogen and oxygen atoms in total. The van der Waals surface area contributed by atoms with E-state index in [9.17, 15) is 13.2 Å². The molecular formula is C16H18N8O3S. The Morgan fingerprint density at radius 3 is 2.61 bits per heavy atom. The fraction of sp³-hybridized carbons (Fsp3) is 0.312. The van der Waals surface area contributed by atoms with Gasteiger partial charge in [-0.25, -0.2) is 8.42 Å². The van der Waals surface area contributed by atoms with Crippen molar-refractivity contribution in [2.24, 2.45) is 0 Å². The molecule has 0 radical (unpaired) electrons. The molecule has 1 aromatic carbocycles. The smallest absolute Gasteiger partial charge is 0.269 e. The number of aromatic amines is 1. The highest BCUT2D eigenvalue weighted by molar-refractivity contribution is 7.89. The highest BCUT2D eigenvalue weighted by Gasteiger charge is 2.30. The Morgan fingerprint density at radius 1 is 1.18 bits per heavy atom. The zero-order chi connectivity index (χ0) is 19.6. The lowest BCUT2D eigenvalue weighted by atomic mass is 10.1. The maximum atomic E-state index is 12.7. The van der Waals surface area contributed by atoms with Crippen molar-refractivity contribution in [1.29, 1.82) is 0 Å².